The van der Waals surface area contributed by atoms with Crippen molar-refractivity contribution in [2.45, 2.75) is 13.3 Å². The number of nitrogens with zero attached hydrogens (tertiary/aromatic N) is 2. The third-order valence-corrected chi connectivity index (χ3v) is 7.77. The summed E-state index contributed by atoms with van der Waals surface area (Å²) in [6.45, 7) is 6.66. The van der Waals surface area contributed by atoms with Gasteiger partial charge in [-0.3, -0.25) is 14.5 Å². The minimum absolute atomic E-state index is 0.157. The Labute approximate surface area is 243 Å². The van der Waals surface area contributed by atoms with Crippen molar-refractivity contribution in [3.8, 4) is 17.1 Å². The largest absolute Gasteiger partial charge is 0.495 e. The lowest BCUT2D eigenvalue weighted by Gasteiger charge is -2.36. The number of hydrogen-bond acceptors (Lipinski definition) is 6. The normalized spacial score (nSPS) is 13.9. The summed E-state index contributed by atoms with van der Waals surface area (Å²) in [5.41, 5.74) is 2.70. The molecule has 1 amide bonds. The number of anilines is 1. The quantitative estimate of drug-likeness (QED) is 0.257. The van der Waals surface area contributed by atoms with E-state index in [-0.39, 0.29) is 16.9 Å². The molecule has 0 radical (unpaired) electrons. The van der Waals surface area contributed by atoms with Crippen molar-refractivity contribution in [3.05, 3.63) is 92.1 Å². The molecule has 2 heterocycles. The van der Waals surface area contributed by atoms with Gasteiger partial charge in [0.2, 0.25) is 0 Å². The number of nitrogens with one attached hydrogen (secondary N) is 1. The number of fused-ring (bicyclic) bond motifs is 1. The van der Waals surface area contributed by atoms with Gasteiger partial charge in [-0.25, -0.2) is 0 Å². The second kappa shape index (κ2) is 12.3. The van der Waals surface area contributed by atoms with E-state index in [0.29, 0.717) is 38.9 Å². The lowest BCUT2D eigenvalue weighted by Crippen LogP contribution is -2.47. The highest BCUT2D eigenvalue weighted by Gasteiger charge is 2.21. The number of rotatable bonds is 8. The minimum Gasteiger partial charge on any atom is -0.495 e. The fourth-order valence-corrected chi connectivity index (χ4v) is 5.38. The number of amides is 1. The average molecular weight is 581 g/mol. The molecule has 7 nitrogen and oxygen atoms in total. The maximum Gasteiger partial charge on any atom is 0.255 e. The predicted octanol–water partition coefficient (Wildman–Crippen LogP) is 6.03. The molecule has 0 unspecified atom stereocenters. The van der Waals surface area contributed by atoms with Gasteiger partial charge in [-0.05, 0) is 74.5 Å². The molecule has 9 heteroatoms. The third-order valence-electron chi connectivity index (χ3n) is 7.29. The highest BCUT2D eigenvalue weighted by Crippen LogP contribution is 2.32. The topological polar surface area (TPSA) is 75.0 Å². The van der Waals surface area contributed by atoms with E-state index in [1.54, 1.807) is 56.5 Å². The molecule has 1 saturated heterocycles. The van der Waals surface area contributed by atoms with Gasteiger partial charge in [0.05, 0.1) is 23.7 Å². The number of halogens is 2. The number of ether oxygens (including phenoxy) is 1. The van der Waals surface area contributed by atoms with Crippen LogP contribution in [0.5, 0.6) is 5.75 Å². The second-order valence-electron chi connectivity index (χ2n) is 9.83. The van der Waals surface area contributed by atoms with Crippen LogP contribution in [0.3, 0.4) is 0 Å². The van der Waals surface area contributed by atoms with Gasteiger partial charge in [-0.2, -0.15) is 0 Å². The highest BCUT2D eigenvalue weighted by molar-refractivity contribution is 6.31. The first-order chi connectivity index (χ1) is 19.4. The number of benzene rings is 3. The van der Waals surface area contributed by atoms with E-state index in [9.17, 15) is 9.59 Å². The third kappa shape index (κ3) is 5.97. The molecule has 208 valence electrons. The smallest absolute Gasteiger partial charge is 0.255 e. The number of carbonyl (C=O) groups is 1. The molecule has 0 aliphatic carbocycles. The van der Waals surface area contributed by atoms with E-state index >= 15 is 0 Å². The Morgan fingerprint density at radius 3 is 2.45 bits per heavy atom. The number of piperazine rings is 1. The lowest BCUT2D eigenvalue weighted by molar-refractivity contribution is 0.0952. The monoisotopic (exact) mass is 579 g/mol. The molecule has 1 aliphatic rings. The Morgan fingerprint density at radius 2 is 1.73 bits per heavy atom. The van der Waals surface area contributed by atoms with Crippen molar-refractivity contribution in [3.63, 3.8) is 0 Å². The molecule has 0 atom stereocenters. The Balaban J connectivity index is 1.20. The first-order valence-corrected chi connectivity index (χ1v) is 14.0. The summed E-state index contributed by atoms with van der Waals surface area (Å²) in [4.78, 5) is 31.0. The van der Waals surface area contributed by atoms with E-state index < -0.39 is 0 Å². The SMILES string of the molecule is COc1ccc(Cl)cc1N1CCN(CCCNC(=O)c2cccc3c(=O)c(C)c(-c4ccc(Cl)cc4)oc23)CC1. The molecule has 0 bridgehead atoms. The van der Waals surface area contributed by atoms with Gasteiger partial charge in [0, 0.05) is 53.9 Å². The standard InChI is InChI=1S/C31H31Cl2N3O4/c1-20-28(37)24-5-3-6-25(30(24)40-29(20)21-7-9-22(32)10-8-21)31(38)34-13-4-14-35-15-17-36(18-16-35)26-19-23(33)11-12-27(26)39-2/h3,5-12,19H,4,13-18H2,1-2H3,(H,34,38). The van der Waals surface area contributed by atoms with E-state index in [0.717, 1.165) is 56.1 Å². The van der Waals surface area contributed by atoms with Crippen LogP contribution in [0.1, 0.15) is 22.3 Å². The molecule has 1 aliphatic heterocycles. The average Bonchev–Trinajstić information content (AvgIpc) is 2.97. The van der Waals surface area contributed by atoms with Crippen molar-refractivity contribution in [1.82, 2.24) is 10.2 Å². The van der Waals surface area contributed by atoms with Crippen LogP contribution in [0.25, 0.3) is 22.3 Å². The zero-order valence-electron chi connectivity index (χ0n) is 22.5. The molecule has 5 rings (SSSR count). The minimum atomic E-state index is -0.266. The van der Waals surface area contributed by atoms with Crippen LogP contribution < -0.4 is 20.4 Å². The maximum atomic E-state index is 13.2. The fraction of sp³-hybridized carbons (Fsp3) is 0.290. The van der Waals surface area contributed by atoms with Gasteiger partial charge in [-0.15, -0.1) is 0 Å². The first-order valence-electron chi connectivity index (χ1n) is 13.3. The van der Waals surface area contributed by atoms with E-state index in [1.807, 2.05) is 18.2 Å². The molecule has 1 N–H and O–H groups in total. The van der Waals surface area contributed by atoms with E-state index in [2.05, 4.69) is 15.1 Å². The highest BCUT2D eigenvalue weighted by atomic mass is 35.5. The lowest BCUT2D eigenvalue weighted by atomic mass is 10.0. The Morgan fingerprint density at radius 1 is 1.00 bits per heavy atom. The predicted molar refractivity (Wildman–Crippen MR) is 161 cm³/mol. The van der Waals surface area contributed by atoms with Crippen molar-refractivity contribution in [2.75, 3.05) is 51.3 Å². The molecule has 4 aromatic rings. The molecular formula is C31H31Cl2N3O4. The van der Waals surface area contributed by atoms with Crippen LogP contribution in [0.4, 0.5) is 5.69 Å². The van der Waals surface area contributed by atoms with Crippen molar-refractivity contribution < 1.29 is 13.9 Å². The summed E-state index contributed by atoms with van der Waals surface area (Å²) in [6, 6.07) is 17.8. The van der Waals surface area contributed by atoms with Crippen LogP contribution in [-0.4, -0.2) is 57.2 Å². The summed E-state index contributed by atoms with van der Waals surface area (Å²) in [5.74, 6) is 0.988. The maximum absolute atomic E-state index is 13.2. The number of methoxy groups -OCH3 is 1. The van der Waals surface area contributed by atoms with Gasteiger partial charge < -0.3 is 19.4 Å². The summed E-state index contributed by atoms with van der Waals surface area (Å²) in [6.07, 6.45) is 0.802. The summed E-state index contributed by atoms with van der Waals surface area (Å²) >= 11 is 12.2. The molecule has 3 aromatic carbocycles. The van der Waals surface area contributed by atoms with Crippen LogP contribution in [0, 0.1) is 6.92 Å². The van der Waals surface area contributed by atoms with Crippen LogP contribution in [0.2, 0.25) is 10.0 Å². The molecule has 0 spiro atoms. The summed E-state index contributed by atoms with van der Waals surface area (Å²) in [7, 11) is 1.67. The Bertz CT molecular complexity index is 1580. The zero-order valence-corrected chi connectivity index (χ0v) is 24.0. The van der Waals surface area contributed by atoms with Gasteiger partial charge in [0.1, 0.15) is 11.5 Å². The second-order valence-corrected chi connectivity index (χ2v) is 10.7. The van der Waals surface area contributed by atoms with E-state index in [1.165, 1.54) is 0 Å². The zero-order chi connectivity index (χ0) is 28.2. The number of hydrogen-bond donors (Lipinski definition) is 1. The van der Waals surface area contributed by atoms with Gasteiger partial charge in [-0.1, -0.05) is 29.3 Å². The van der Waals surface area contributed by atoms with Crippen LogP contribution in [0.15, 0.2) is 69.9 Å². The van der Waals surface area contributed by atoms with Gasteiger partial charge >= 0.3 is 0 Å². The van der Waals surface area contributed by atoms with Crippen molar-refractivity contribution in [1.29, 1.82) is 0 Å². The molecular weight excluding hydrogens is 549 g/mol. The molecule has 1 fully saturated rings. The fourth-order valence-electron chi connectivity index (χ4n) is 5.09. The Kier molecular flexibility index (Phi) is 8.64. The molecule has 0 saturated carbocycles. The Hall–Kier alpha value is -3.52. The summed E-state index contributed by atoms with van der Waals surface area (Å²) < 4.78 is 11.7. The number of para-hydroxylation sites is 1. The molecule has 40 heavy (non-hydrogen) atoms. The van der Waals surface area contributed by atoms with E-state index in [4.69, 9.17) is 32.4 Å². The van der Waals surface area contributed by atoms with Crippen LogP contribution in [-0.2, 0) is 0 Å². The number of carbonyl (C=O) groups excluding carboxylic acids is 1. The van der Waals surface area contributed by atoms with Crippen LogP contribution >= 0.6 is 23.2 Å². The first kappa shape index (κ1) is 28.0. The van der Waals surface area contributed by atoms with Crippen molar-refractivity contribution >= 4 is 45.8 Å². The van der Waals surface area contributed by atoms with Gasteiger partial charge in [0.25, 0.3) is 5.91 Å². The molecule has 1 aromatic heterocycles. The summed E-state index contributed by atoms with van der Waals surface area (Å²) in [5, 5.41) is 4.67. The van der Waals surface area contributed by atoms with Crippen molar-refractivity contribution in [2.24, 2.45) is 0 Å². The van der Waals surface area contributed by atoms with Gasteiger partial charge in [0.15, 0.2) is 11.0 Å².